The molecule has 0 amide bonds. The molecule has 2 aromatic rings. The smallest absolute Gasteiger partial charge is 0.133 e. The summed E-state index contributed by atoms with van der Waals surface area (Å²) in [5, 5.41) is 17.2. The van der Waals surface area contributed by atoms with Crippen molar-refractivity contribution < 1.29 is 5.11 Å². The van der Waals surface area contributed by atoms with Crippen molar-refractivity contribution >= 4 is 34.5 Å². The summed E-state index contributed by atoms with van der Waals surface area (Å²) in [6, 6.07) is 1.76. The summed E-state index contributed by atoms with van der Waals surface area (Å²) < 4.78 is 1.67. The molecule has 1 N–H and O–H groups in total. The van der Waals surface area contributed by atoms with Gasteiger partial charge in [0.1, 0.15) is 6.10 Å². The molecule has 86 valence electrons. The number of hydrogen-bond acceptors (Lipinski definition) is 3. The van der Waals surface area contributed by atoms with Gasteiger partial charge in [0, 0.05) is 6.54 Å². The maximum absolute atomic E-state index is 10.2. The number of rotatable bonds is 3. The molecule has 0 aliphatic carbocycles. The van der Waals surface area contributed by atoms with Gasteiger partial charge in [-0.3, -0.25) is 4.68 Å². The molecule has 0 bridgehead atoms. The monoisotopic (exact) mass is 276 g/mol. The fourth-order valence-corrected chi connectivity index (χ4v) is 2.91. The van der Waals surface area contributed by atoms with Crippen LogP contribution in [0.4, 0.5) is 0 Å². The van der Waals surface area contributed by atoms with Crippen molar-refractivity contribution in [1.29, 1.82) is 0 Å². The van der Waals surface area contributed by atoms with Gasteiger partial charge in [0.15, 0.2) is 0 Å². The van der Waals surface area contributed by atoms with E-state index in [0.717, 1.165) is 0 Å². The zero-order valence-electron chi connectivity index (χ0n) is 8.52. The van der Waals surface area contributed by atoms with Crippen LogP contribution >= 0.6 is 34.5 Å². The van der Waals surface area contributed by atoms with E-state index < -0.39 is 6.10 Å². The molecule has 1 atom stereocenters. The SMILES string of the molecule is CCn1ncc(Cl)c1C(O)c1sccc1Cl. The molecule has 0 saturated carbocycles. The van der Waals surface area contributed by atoms with Gasteiger partial charge in [-0.2, -0.15) is 5.10 Å². The van der Waals surface area contributed by atoms with Crippen molar-refractivity contribution in [2.75, 3.05) is 0 Å². The van der Waals surface area contributed by atoms with E-state index in [1.807, 2.05) is 12.3 Å². The first kappa shape index (κ1) is 11.9. The number of aliphatic hydroxyl groups excluding tert-OH is 1. The predicted octanol–water partition coefficient (Wildman–Crippen LogP) is 3.35. The Morgan fingerprint density at radius 2 is 2.25 bits per heavy atom. The standard InChI is InChI=1S/C10H10Cl2N2OS/c1-2-14-8(7(12)5-13-14)9(15)10-6(11)3-4-16-10/h3-5,9,15H,2H2,1H3. The Bertz CT molecular complexity index is 495. The second kappa shape index (κ2) is 4.75. The van der Waals surface area contributed by atoms with E-state index in [0.29, 0.717) is 27.2 Å². The van der Waals surface area contributed by atoms with Gasteiger partial charge in [-0.05, 0) is 18.4 Å². The second-order valence-corrected chi connectivity index (χ2v) is 4.99. The van der Waals surface area contributed by atoms with E-state index in [4.69, 9.17) is 23.2 Å². The first-order valence-electron chi connectivity index (χ1n) is 4.77. The van der Waals surface area contributed by atoms with Crippen molar-refractivity contribution in [3.63, 3.8) is 0 Å². The van der Waals surface area contributed by atoms with Gasteiger partial charge in [-0.25, -0.2) is 0 Å². The Balaban J connectivity index is 2.44. The number of aryl methyl sites for hydroxylation is 1. The molecule has 0 aromatic carbocycles. The summed E-state index contributed by atoms with van der Waals surface area (Å²) in [7, 11) is 0. The predicted molar refractivity (Wildman–Crippen MR) is 66.3 cm³/mol. The molecule has 0 radical (unpaired) electrons. The Morgan fingerprint density at radius 3 is 2.81 bits per heavy atom. The Morgan fingerprint density at radius 1 is 1.50 bits per heavy atom. The summed E-state index contributed by atoms with van der Waals surface area (Å²) in [6.45, 7) is 2.59. The van der Waals surface area contributed by atoms with Crippen molar-refractivity contribution in [3.05, 3.63) is 38.3 Å². The topological polar surface area (TPSA) is 38.0 Å². The highest BCUT2D eigenvalue weighted by atomic mass is 35.5. The first-order valence-corrected chi connectivity index (χ1v) is 6.40. The van der Waals surface area contributed by atoms with Gasteiger partial charge in [0.2, 0.25) is 0 Å². The minimum atomic E-state index is -0.817. The molecule has 0 spiro atoms. The van der Waals surface area contributed by atoms with Crippen molar-refractivity contribution in [2.24, 2.45) is 0 Å². The third-order valence-corrected chi connectivity index (χ3v) is 3.99. The Kier molecular flexibility index (Phi) is 3.54. The molecular formula is C10H10Cl2N2OS. The Labute approximate surface area is 107 Å². The average molecular weight is 277 g/mol. The summed E-state index contributed by atoms with van der Waals surface area (Å²) in [6.07, 6.45) is 0.716. The van der Waals surface area contributed by atoms with Crippen molar-refractivity contribution in [3.8, 4) is 0 Å². The van der Waals surface area contributed by atoms with Crippen LogP contribution < -0.4 is 0 Å². The van der Waals surface area contributed by atoms with Crippen LogP contribution in [0.3, 0.4) is 0 Å². The highest BCUT2D eigenvalue weighted by Crippen LogP contribution is 2.35. The van der Waals surface area contributed by atoms with Crippen LogP contribution in [0.2, 0.25) is 10.0 Å². The molecule has 0 aliphatic rings. The molecule has 0 saturated heterocycles. The molecule has 16 heavy (non-hydrogen) atoms. The lowest BCUT2D eigenvalue weighted by molar-refractivity contribution is 0.212. The normalized spacial score (nSPS) is 13.0. The van der Waals surface area contributed by atoms with Crippen molar-refractivity contribution in [1.82, 2.24) is 9.78 Å². The first-order chi connectivity index (χ1) is 7.65. The summed E-state index contributed by atoms with van der Waals surface area (Å²) in [5.41, 5.74) is 0.591. The lowest BCUT2D eigenvalue weighted by Gasteiger charge is -2.12. The fourth-order valence-electron chi connectivity index (χ4n) is 1.52. The molecule has 2 aromatic heterocycles. The van der Waals surface area contributed by atoms with Gasteiger partial charge >= 0.3 is 0 Å². The van der Waals surface area contributed by atoms with Crippen LogP contribution in [0.5, 0.6) is 0 Å². The van der Waals surface area contributed by atoms with E-state index in [1.165, 1.54) is 17.5 Å². The minimum absolute atomic E-state index is 0.457. The van der Waals surface area contributed by atoms with Gasteiger partial charge in [0.05, 0.1) is 26.8 Å². The molecule has 0 aliphatic heterocycles. The number of nitrogens with zero attached hydrogens (tertiary/aromatic N) is 2. The lowest BCUT2D eigenvalue weighted by atomic mass is 10.2. The number of halogens is 2. The second-order valence-electron chi connectivity index (χ2n) is 3.23. The van der Waals surface area contributed by atoms with Gasteiger partial charge < -0.3 is 5.11 Å². The number of aromatic nitrogens is 2. The largest absolute Gasteiger partial charge is 0.381 e. The summed E-state index contributed by atoms with van der Waals surface area (Å²) in [4.78, 5) is 0.693. The average Bonchev–Trinajstić information content (AvgIpc) is 2.83. The number of hydrogen-bond donors (Lipinski definition) is 1. The van der Waals surface area contributed by atoms with Gasteiger partial charge in [-0.1, -0.05) is 23.2 Å². The lowest BCUT2D eigenvalue weighted by Crippen LogP contribution is -2.08. The molecule has 0 fully saturated rings. The highest BCUT2D eigenvalue weighted by Gasteiger charge is 2.22. The van der Waals surface area contributed by atoms with E-state index in [9.17, 15) is 5.11 Å². The van der Waals surface area contributed by atoms with E-state index in [-0.39, 0.29) is 0 Å². The molecule has 2 heterocycles. The maximum Gasteiger partial charge on any atom is 0.133 e. The molecule has 2 rings (SSSR count). The fraction of sp³-hybridized carbons (Fsp3) is 0.300. The molecular weight excluding hydrogens is 267 g/mol. The third-order valence-electron chi connectivity index (χ3n) is 2.28. The van der Waals surface area contributed by atoms with Crippen LogP contribution in [0, 0.1) is 0 Å². The Hall–Kier alpha value is -0.550. The molecule has 6 heteroatoms. The molecule has 3 nitrogen and oxygen atoms in total. The van der Waals surface area contributed by atoms with E-state index in [1.54, 1.807) is 10.7 Å². The summed E-state index contributed by atoms with van der Waals surface area (Å²) in [5.74, 6) is 0. The van der Waals surface area contributed by atoms with E-state index >= 15 is 0 Å². The van der Waals surface area contributed by atoms with E-state index in [2.05, 4.69) is 5.10 Å². The zero-order chi connectivity index (χ0) is 11.7. The summed E-state index contributed by atoms with van der Waals surface area (Å²) >= 11 is 13.4. The maximum atomic E-state index is 10.2. The quantitative estimate of drug-likeness (QED) is 0.934. The zero-order valence-corrected chi connectivity index (χ0v) is 10.9. The van der Waals surface area contributed by atoms with Crippen LogP contribution in [-0.2, 0) is 6.54 Å². The van der Waals surface area contributed by atoms with Gasteiger partial charge in [-0.15, -0.1) is 11.3 Å². The van der Waals surface area contributed by atoms with Crippen LogP contribution in [0.15, 0.2) is 17.6 Å². The number of aliphatic hydroxyl groups is 1. The van der Waals surface area contributed by atoms with Crippen LogP contribution in [-0.4, -0.2) is 14.9 Å². The third kappa shape index (κ3) is 1.98. The van der Waals surface area contributed by atoms with Crippen LogP contribution in [0.25, 0.3) is 0 Å². The van der Waals surface area contributed by atoms with Gasteiger partial charge in [0.25, 0.3) is 0 Å². The van der Waals surface area contributed by atoms with Crippen molar-refractivity contribution in [2.45, 2.75) is 19.6 Å². The highest BCUT2D eigenvalue weighted by molar-refractivity contribution is 7.10. The minimum Gasteiger partial charge on any atom is -0.381 e. The van der Waals surface area contributed by atoms with Crippen LogP contribution in [0.1, 0.15) is 23.6 Å². The number of thiophene rings is 1. The molecule has 1 unspecified atom stereocenters.